The van der Waals surface area contributed by atoms with E-state index >= 15 is 0 Å². The number of benzene rings is 1. The Kier molecular flexibility index (Phi) is 6.05. The lowest BCUT2D eigenvalue weighted by Gasteiger charge is -2.29. The van der Waals surface area contributed by atoms with Gasteiger partial charge < -0.3 is 19.5 Å². The van der Waals surface area contributed by atoms with Crippen molar-refractivity contribution < 1.29 is 9.53 Å². The van der Waals surface area contributed by atoms with Gasteiger partial charge in [-0.25, -0.2) is 4.79 Å². The minimum Gasteiger partial charge on any atom is -0.465 e. The van der Waals surface area contributed by atoms with Gasteiger partial charge in [0, 0.05) is 42.7 Å². The molecule has 5 rings (SSSR count). The predicted octanol–water partition coefficient (Wildman–Crippen LogP) is 4.23. The zero-order valence-corrected chi connectivity index (χ0v) is 19.4. The molecule has 4 aromatic rings. The normalized spacial score (nSPS) is 17.4. The molecular formula is C26H23N5O2S. The van der Waals surface area contributed by atoms with Crippen molar-refractivity contribution >= 4 is 23.3 Å². The maximum atomic E-state index is 11.9. The van der Waals surface area contributed by atoms with Crippen LogP contribution in [-0.4, -0.2) is 37.6 Å². The molecule has 8 heteroatoms. The number of pyridine rings is 2. The molecule has 4 heterocycles. The highest BCUT2D eigenvalue weighted by atomic mass is 32.1. The molecule has 0 saturated carbocycles. The zero-order valence-electron chi connectivity index (χ0n) is 18.5. The van der Waals surface area contributed by atoms with Crippen molar-refractivity contribution in [2.45, 2.75) is 18.6 Å². The van der Waals surface area contributed by atoms with Crippen molar-refractivity contribution in [1.82, 2.24) is 24.8 Å². The topological polar surface area (TPSA) is 72.3 Å². The third kappa shape index (κ3) is 4.15. The van der Waals surface area contributed by atoms with Gasteiger partial charge in [0.25, 0.3) is 0 Å². The maximum Gasteiger partial charge on any atom is 0.337 e. The Morgan fingerprint density at radius 3 is 2.62 bits per heavy atom. The number of hydrogen-bond donors (Lipinski definition) is 1. The van der Waals surface area contributed by atoms with E-state index in [4.69, 9.17) is 17.0 Å². The number of carbonyl (C=O) groups excluding carboxylic acids is 1. The Morgan fingerprint density at radius 1 is 1.06 bits per heavy atom. The number of hydrogen-bond acceptors (Lipinski definition) is 5. The van der Waals surface area contributed by atoms with Crippen LogP contribution in [0.2, 0.25) is 0 Å². The predicted molar refractivity (Wildman–Crippen MR) is 132 cm³/mol. The molecule has 1 aliphatic rings. The smallest absolute Gasteiger partial charge is 0.337 e. The first-order valence-corrected chi connectivity index (χ1v) is 11.3. The van der Waals surface area contributed by atoms with E-state index in [0.29, 0.717) is 17.2 Å². The first kappa shape index (κ1) is 21.8. The summed E-state index contributed by atoms with van der Waals surface area (Å²) in [7, 11) is 1.38. The second kappa shape index (κ2) is 9.44. The van der Waals surface area contributed by atoms with Gasteiger partial charge in [0.15, 0.2) is 5.11 Å². The minimum atomic E-state index is -0.359. The van der Waals surface area contributed by atoms with Crippen molar-refractivity contribution in [1.29, 1.82) is 0 Å². The summed E-state index contributed by atoms with van der Waals surface area (Å²) in [5.41, 5.74) is 4.48. The van der Waals surface area contributed by atoms with E-state index in [9.17, 15) is 4.79 Å². The summed E-state index contributed by atoms with van der Waals surface area (Å²) < 4.78 is 6.95. The number of nitrogens with zero attached hydrogens (tertiary/aromatic N) is 4. The van der Waals surface area contributed by atoms with Crippen molar-refractivity contribution in [2.75, 3.05) is 7.11 Å². The Balaban J connectivity index is 1.56. The highest BCUT2D eigenvalue weighted by molar-refractivity contribution is 7.80. The van der Waals surface area contributed by atoms with E-state index in [1.807, 2.05) is 60.9 Å². The average Bonchev–Trinajstić information content (AvgIpc) is 3.49. The van der Waals surface area contributed by atoms with E-state index in [0.717, 1.165) is 22.6 Å². The summed E-state index contributed by atoms with van der Waals surface area (Å²) in [6, 6.07) is 21.1. The molecule has 0 radical (unpaired) electrons. The molecule has 1 saturated heterocycles. The van der Waals surface area contributed by atoms with Gasteiger partial charge in [0.05, 0.1) is 30.5 Å². The Labute approximate surface area is 203 Å². The molecule has 1 fully saturated rings. The number of nitrogens with one attached hydrogen (secondary N) is 1. The van der Waals surface area contributed by atoms with E-state index in [1.54, 1.807) is 24.5 Å². The van der Waals surface area contributed by atoms with Gasteiger partial charge in [0.1, 0.15) is 0 Å². The van der Waals surface area contributed by atoms with Crippen LogP contribution in [0.5, 0.6) is 0 Å². The Morgan fingerprint density at radius 2 is 1.91 bits per heavy atom. The van der Waals surface area contributed by atoms with Crippen molar-refractivity contribution in [3.05, 3.63) is 114 Å². The third-order valence-electron chi connectivity index (χ3n) is 5.92. The molecule has 170 valence electrons. The molecule has 1 aromatic carbocycles. The molecule has 7 nitrogen and oxygen atoms in total. The molecular weight excluding hydrogens is 446 g/mol. The standard InChI is InChI=1S/C26H23N5O2S/c1-33-25(32)19-9-11-20(12-10-19)30-15-5-8-22(30)24-23(21-7-2-3-14-28-21)29-26(34)31(24)17-18-6-4-13-27-16-18/h2-16,23-24H,17H2,1H3,(H,29,34)/t23-,24-/m1/s1. The summed E-state index contributed by atoms with van der Waals surface area (Å²) in [4.78, 5) is 22.9. The number of methoxy groups -OCH3 is 1. The van der Waals surface area contributed by atoms with Gasteiger partial charge >= 0.3 is 5.97 Å². The number of thiocarbonyl (C=S) groups is 1. The molecule has 0 spiro atoms. The van der Waals surface area contributed by atoms with Gasteiger partial charge in [0.2, 0.25) is 0 Å². The lowest BCUT2D eigenvalue weighted by atomic mass is 10.0. The molecule has 0 aliphatic carbocycles. The van der Waals surface area contributed by atoms with Crippen molar-refractivity contribution in [3.63, 3.8) is 0 Å². The monoisotopic (exact) mass is 469 g/mol. The maximum absolute atomic E-state index is 11.9. The molecule has 0 amide bonds. The van der Waals surface area contributed by atoms with Gasteiger partial charge in [-0.3, -0.25) is 9.97 Å². The van der Waals surface area contributed by atoms with Crippen LogP contribution < -0.4 is 5.32 Å². The number of ether oxygens (including phenoxy) is 1. The van der Waals surface area contributed by atoms with Crippen LogP contribution in [0.15, 0.2) is 91.5 Å². The van der Waals surface area contributed by atoms with Gasteiger partial charge in [-0.2, -0.15) is 0 Å². The van der Waals surface area contributed by atoms with Gasteiger partial charge in [-0.15, -0.1) is 0 Å². The van der Waals surface area contributed by atoms with Crippen molar-refractivity contribution in [2.24, 2.45) is 0 Å². The largest absolute Gasteiger partial charge is 0.465 e. The SMILES string of the molecule is COC(=O)c1ccc(-n2cccc2[C@@H]2[C@@H](c3ccccn3)NC(=S)N2Cc2cccnc2)cc1. The second-order valence-electron chi connectivity index (χ2n) is 7.96. The summed E-state index contributed by atoms with van der Waals surface area (Å²) in [5, 5.41) is 4.15. The Bertz CT molecular complexity index is 1290. The van der Waals surface area contributed by atoms with E-state index in [1.165, 1.54) is 7.11 Å². The first-order valence-electron chi connectivity index (χ1n) is 10.9. The fraction of sp³-hybridized carbons (Fsp3) is 0.154. The number of aromatic nitrogens is 3. The quantitative estimate of drug-likeness (QED) is 0.335. The zero-order chi connectivity index (χ0) is 23.5. The number of carbonyl (C=O) groups is 1. The van der Waals surface area contributed by atoms with Crippen LogP contribution >= 0.6 is 12.2 Å². The van der Waals surface area contributed by atoms with Crippen molar-refractivity contribution in [3.8, 4) is 5.69 Å². The fourth-order valence-corrected chi connectivity index (χ4v) is 4.64. The summed E-state index contributed by atoms with van der Waals surface area (Å²) >= 11 is 5.79. The molecule has 3 aromatic heterocycles. The number of rotatable bonds is 6. The number of esters is 1. The third-order valence-corrected chi connectivity index (χ3v) is 6.28. The molecule has 1 aliphatic heterocycles. The highest BCUT2D eigenvalue weighted by Gasteiger charge is 2.41. The van der Waals surface area contributed by atoms with Crippen LogP contribution in [0.25, 0.3) is 5.69 Å². The van der Waals surface area contributed by atoms with Crippen LogP contribution in [-0.2, 0) is 11.3 Å². The lowest BCUT2D eigenvalue weighted by molar-refractivity contribution is 0.0600. The van der Waals surface area contributed by atoms with E-state index in [2.05, 4.69) is 30.8 Å². The summed E-state index contributed by atoms with van der Waals surface area (Å²) in [6.07, 6.45) is 7.44. The average molecular weight is 470 g/mol. The Hall–Kier alpha value is -4.04. The molecule has 34 heavy (non-hydrogen) atoms. The lowest BCUT2D eigenvalue weighted by Crippen LogP contribution is -2.30. The highest BCUT2D eigenvalue weighted by Crippen LogP contribution is 2.40. The minimum absolute atomic E-state index is 0.113. The molecule has 0 bridgehead atoms. The van der Waals surface area contributed by atoms with E-state index in [-0.39, 0.29) is 18.1 Å². The van der Waals surface area contributed by atoms with Gasteiger partial charge in [-0.05, 0) is 72.4 Å². The molecule has 0 unspecified atom stereocenters. The second-order valence-corrected chi connectivity index (χ2v) is 8.34. The van der Waals surface area contributed by atoms with Crippen LogP contribution in [0, 0.1) is 0 Å². The van der Waals surface area contributed by atoms with Crippen LogP contribution in [0.3, 0.4) is 0 Å². The van der Waals surface area contributed by atoms with Crippen LogP contribution in [0.1, 0.15) is 39.4 Å². The molecule has 1 N–H and O–H groups in total. The fourth-order valence-electron chi connectivity index (χ4n) is 4.33. The van der Waals surface area contributed by atoms with Gasteiger partial charge in [-0.1, -0.05) is 12.1 Å². The summed E-state index contributed by atoms with van der Waals surface area (Å²) in [6.45, 7) is 0.611. The van der Waals surface area contributed by atoms with E-state index < -0.39 is 0 Å². The summed E-state index contributed by atoms with van der Waals surface area (Å²) in [5.74, 6) is -0.359. The first-order chi connectivity index (χ1) is 16.7. The molecule has 2 atom stereocenters. The van der Waals surface area contributed by atoms with Crippen LogP contribution in [0.4, 0.5) is 0 Å².